The zero-order chi connectivity index (χ0) is 19.0. The number of methoxy groups -OCH3 is 1. The SMILES string of the molecule is COc1ccc(CN2C[C@@H]3CC[C@H](C2)N(C(=O)c2c(Cl)cnn2C)C3)cc1. The van der Waals surface area contributed by atoms with E-state index < -0.39 is 0 Å². The minimum Gasteiger partial charge on any atom is -0.497 e. The first-order valence-electron chi connectivity index (χ1n) is 9.39. The van der Waals surface area contributed by atoms with E-state index in [0.29, 0.717) is 16.6 Å². The van der Waals surface area contributed by atoms with Crippen LogP contribution >= 0.6 is 11.6 Å². The van der Waals surface area contributed by atoms with Crippen molar-refractivity contribution in [1.29, 1.82) is 0 Å². The molecule has 144 valence electrons. The van der Waals surface area contributed by atoms with Gasteiger partial charge < -0.3 is 9.64 Å². The molecule has 5 rings (SSSR count). The second-order valence-corrected chi connectivity index (χ2v) is 7.97. The van der Waals surface area contributed by atoms with Crippen molar-refractivity contribution in [1.82, 2.24) is 19.6 Å². The van der Waals surface area contributed by atoms with E-state index in [-0.39, 0.29) is 11.9 Å². The summed E-state index contributed by atoms with van der Waals surface area (Å²) in [6.07, 6.45) is 3.76. The fourth-order valence-electron chi connectivity index (χ4n) is 4.33. The number of piperidine rings is 1. The van der Waals surface area contributed by atoms with Gasteiger partial charge in [0, 0.05) is 39.3 Å². The Labute approximate surface area is 164 Å². The number of ether oxygens (including phenoxy) is 1. The highest BCUT2D eigenvalue weighted by Crippen LogP contribution is 2.31. The normalized spacial score (nSPS) is 22.7. The van der Waals surface area contributed by atoms with Gasteiger partial charge >= 0.3 is 0 Å². The molecule has 1 aromatic heterocycles. The Bertz CT molecular complexity index is 800. The average Bonchev–Trinajstić information content (AvgIpc) is 2.84. The molecule has 0 saturated carbocycles. The highest BCUT2D eigenvalue weighted by molar-refractivity contribution is 6.33. The van der Waals surface area contributed by atoms with Crippen LogP contribution in [0.1, 0.15) is 28.9 Å². The van der Waals surface area contributed by atoms with Gasteiger partial charge in [0.05, 0.1) is 18.3 Å². The molecule has 4 heterocycles. The van der Waals surface area contributed by atoms with E-state index in [2.05, 4.69) is 22.1 Å². The summed E-state index contributed by atoms with van der Waals surface area (Å²) in [6, 6.07) is 8.46. The van der Waals surface area contributed by atoms with Gasteiger partial charge in [0.2, 0.25) is 0 Å². The van der Waals surface area contributed by atoms with Crippen molar-refractivity contribution < 1.29 is 9.53 Å². The van der Waals surface area contributed by atoms with Gasteiger partial charge in [-0.05, 0) is 36.5 Å². The molecule has 3 fully saturated rings. The molecular weight excluding hydrogens is 364 g/mol. The van der Waals surface area contributed by atoms with Crippen molar-refractivity contribution in [2.75, 3.05) is 26.7 Å². The molecule has 1 aromatic carbocycles. The monoisotopic (exact) mass is 388 g/mol. The standard InChI is InChI=1S/C20H25ClN4O2/c1-23-19(18(21)9-22-23)20(26)25-12-15-3-6-16(25)13-24(11-15)10-14-4-7-17(27-2)8-5-14/h4-5,7-9,15-16H,3,6,10-13H2,1-2H3/t15-,16+/m0/s1. The largest absolute Gasteiger partial charge is 0.497 e. The van der Waals surface area contributed by atoms with Gasteiger partial charge in [0.25, 0.3) is 5.91 Å². The lowest BCUT2D eigenvalue weighted by atomic mass is 9.94. The lowest BCUT2D eigenvalue weighted by Crippen LogP contribution is -2.47. The van der Waals surface area contributed by atoms with Crippen molar-refractivity contribution >= 4 is 17.5 Å². The predicted octanol–water partition coefficient (Wildman–Crippen LogP) is 2.82. The molecule has 7 heteroatoms. The van der Waals surface area contributed by atoms with Crippen LogP contribution in [0.4, 0.5) is 0 Å². The third-order valence-electron chi connectivity index (χ3n) is 5.71. The molecule has 1 amide bonds. The lowest BCUT2D eigenvalue weighted by Gasteiger charge is -2.36. The molecule has 3 saturated heterocycles. The number of hydrogen-bond acceptors (Lipinski definition) is 4. The number of rotatable bonds is 4. The summed E-state index contributed by atoms with van der Waals surface area (Å²) in [4.78, 5) is 17.6. The number of hydrogen-bond donors (Lipinski definition) is 0. The molecule has 3 aliphatic rings. The summed E-state index contributed by atoms with van der Waals surface area (Å²) in [6.45, 7) is 3.60. The first-order chi connectivity index (χ1) is 13.0. The van der Waals surface area contributed by atoms with Crippen LogP contribution in [0.25, 0.3) is 0 Å². The lowest BCUT2D eigenvalue weighted by molar-refractivity contribution is 0.0574. The van der Waals surface area contributed by atoms with Crippen LogP contribution in [0.3, 0.4) is 0 Å². The zero-order valence-corrected chi connectivity index (χ0v) is 16.5. The topological polar surface area (TPSA) is 50.6 Å². The number of aryl methyl sites for hydroxylation is 1. The quantitative estimate of drug-likeness (QED) is 0.808. The third kappa shape index (κ3) is 3.69. The van der Waals surface area contributed by atoms with Gasteiger partial charge in [-0.25, -0.2) is 0 Å². The summed E-state index contributed by atoms with van der Waals surface area (Å²) < 4.78 is 6.82. The Balaban J connectivity index is 1.49. The average molecular weight is 389 g/mol. The maximum absolute atomic E-state index is 13.1. The summed E-state index contributed by atoms with van der Waals surface area (Å²) in [5.74, 6) is 1.37. The molecule has 0 radical (unpaired) electrons. The van der Waals surface area contributed by atoms with E-state index in [1.54, 1.807) is 25.0 Å². The van der Waals surface area contributed by atoms with Gasteiger partial charge in [-0.15, -0.1) is 0 Å². The summed E-state index contributed by atoms with van der Waals surface area (Å²) >= 11 is 6.21. The number of nitrogens with zero attached hydrogens (tertiary/aromatic N) is 4. The van der Waals surface area contributed by atoms with Crippen molar-refractivity contribution in [3.8, 4) is 5.75 Å². The Morgan fingerprint density at radius 2 is 2.00 bits per heavy atom. The summed E-state index contributed by atoms with van der Waals surface area (Å²) in [5.41, 5.74) is 1.76. The molecule has 6 nitrogen and oxygen atoms in total. The van der Waals surface area contributed by atoms with Crippen LogP contribution in [0.15, 0.2) is 30.5 Å². The molecule has 0 spiro atoms. The Hall–Kier alpha value is -2.05. The first kappa shape index (κ1) is 18.3. The van der Waals surface area contributed by atoms with Crippen LogP contribution in [-0.4, -0.2) is 58.3 Å². The molecule has 27 heavy (non-hydrogen) atoms. The molecule has 3 aliphatic heterocycles. The molecule has 2 aromatic rings. The third-order valence-corrected chi connectivity index (χ3v) is 5.99. The van der Waals surface area contributed by atoms with E-state index >= 15 is 0 Å². The van der Waals surface area contributed by atoms with Crippen molar-refractivity contribution in [3.63, 3.8) is 0 Å². The number of aromatic nitrogens is 2. The van der Waals surface area contributed by atoms with Gasteiger partial charge in [0.1, 0.15) is 11.4 Å². The fourth-order valence-corrected chi connectivity index (χ4v) is 4.58. The fraction of sp³-hybridized carbons (Fsp3) is 0.500. The first-order valence-corrected chi connectivity index (χ1v) is 9.76. The smallest absolute Gasteiger partial charge is 0.273 e. The van der Waals surface area contributed by atoms with E-state index in [1.165, 1.54) is 12.0 Å². The van der Waals surface area contributed by atoms with Gasteiger partial charge in [-0.3, -0.25) is 14.4 Å². The van der Waals surface area contributed by atoms with Crippen molar-refractivity contribution in [2.45, 2.75) is 25.4 Å². The highest BCUT2D eigenvalue weighted by atomic mass is 35.5. The Morgan fingerprint density at radius 3 is 2.67 bits per heavy atom. The van der Waals surface area contributed by atoms with Crippen LogP contribution in [-0.2, 0) is 13.6 Å². The van der Waals surface area contributed by atoms with E-state index in [4.69, 9.17) is 16.3 Å². The maximum Gasteiger partial charge on any atom is 0.273 e. The number of amides is 1. The summed E-state index contributed by atoms with van der Waals surface area (Å²) in [5, 5.41) is 4.55. The van der Waals surface area contributed by atoms with Gasteiger partial charge in [0.15, 0.2) is 0 Å². The number of halogens is 1. The van der Waals surface area contributed by atoms with E-state index in [0.717, 1.165) is 38.3 Å². The number of carbonyl (C=O) groups excluding carboxylic acids is 1. The van der Waals surface area contributed by atoms with Crippen molar-refractivity contribution in [2.24, 2.45) is 13.0 Å². The van der Waals surface area contributed by atoms with Gasteiger partial charge in [-0.2, -0.15) is 5.10 Å². The molecule has 2 bridgehead atoms. The molecule has 0 unspecified atom stereocenters. The molecule has 2 atom stereocenters. The Kier molecular flexibility index (Phi) is 5.10. The zero-order valence-electron chi connectivity index (χ0n) is 15.8. The molecule has 0 aliphatic carbocycles. The number of benzene rings is 1. The van der Waals surface area contributed by atoms with E-state index in [9.17, 15) is 4.79 Å². The van der Waals surface area contributed by atoms with Crippen LogP contribution in [0, 0.1) is 5.92 Å². The predicted molar refractivity (Wildman–Crippen MR) is 104 cm³/mol. The number of fused-ring (bicyclic) bond motifs is 4. The number of carbonyl (C=O) groups is 1. The summed E-state index contributed by atoms with van der Waals surface area (Å²) in [7, 11) is 3.45. The minimum absolute atomic E-state index is 0.000924. The Morgan fingerprint density at radius 1 is 1.22 bits per heavy atom. The second kappa shape index (κ2) is 7.52. The molecule has 0 N–H and O–H groups in total. The van der Waals surface area contributed by atoms with Gasteiger partial charge in [-0.1, -0.05) is 23.7 Å². The minimum atomic E-state index is 0.000924. The van der Waals surface area contributed by atoms with E-state index in [1.807, 2.05) is 17.0 Å². The maximum atomic E-state index is 13.1. The van der Waals surface area contributed by atoms with Crippen LogP contribution in [0.2, 0.25) is 5.02 Å². The highest BCUT2D eigenvalue weighted by Gasteiger charge is 2.38. The second-order valence-electron chi connectivity index (χ2n) is 7.56. The van der Waals surface area contributed by atoms with Crippen molar-refractivity contribution in [3.05, 3.63) is 46.7 Å². The van der Waals surface area contributed by atoms with Crippen LogP contribution < -0.4 is 4.74 Å². The molecular formula is C20H25ClN4O2. The van der Waals surface area contributed by atoms with Crippen LogP contribution in [0.5, 0.6) is 5.75 Å².